The Morgan fingerprint density at radius 1 is 0.379 bits per heavy atom. The molecule has 1 atom stereocenters. The summed E-state index contributed by atoms with van der Waals surface area (Å²) in [5, 5.41) is 0. The van der Waals surface area contributed by atoms with E-state index in [4.69, 9.17) is 18.9 Å². The van der Waals surface area contributed by atoms with Crippen molar-refractivity contribution in [1.29, 1.82) is 0 Å². The lowest BCUT2D eigenvalue weighted by Crippen LogP contribution is -2.44. The number of nitrogens with zero attached hydrogens (tertiary/aromatic N) is 1. The zero-order valence-electron chi connectivity index (χ0n) is 39.1. The van der Waals surface area contributed by atoms with Gasteiger partial charge in [-0.3, -0.25) is 19.2 Å². The van der Waals surface area contributed by atoms with Crippen molar-refractivity contribution in [2.75, 3.05) is 47.1 Å². The zero-order chi connectivity index (χ0) is 43.1. The zero-order valence-corrected chi connectivity index (χ0v) is 39.1. The van der Waals surface area contributed by atoms with E-state index in [1.165, 1.54) is 89.9 Å². The lowest BCUT2D eigenvalue weighted by Gasteiger charge is -2.32. The summed E-state index contributed by atoms with van der Waals surface area (Å²) < 4.78 is 23.5. The third kappa shape index (κ3) is 32.7. The van der Waals surface area contributed by atoms with Crippen molar-refractivity contribution >= 4 is 23.9 Å². The normalized spacial score (nSPS) is 12.2. The summed E-state index contributed by atoms with van der Waals surface area (Å²) in [5.41, 5.74) is -1.22. The van der Waals surface area contributed by atoms with Gasteiger partial charge in [0.05, 0.1) is 0 Å². The molecule has 1 unspecified atom stereocenters. The number of esters is 4. The van der Waals surface area contributed by atoms with Crippen LogP contribution in [0.25, 0.3) is 0 Å². The Bertz CT molecular complexity index is 959. The number of rotatable bonds is 42. The standard InChI is InChI=1S/C49H93NO8/c1-8-13-18-20-22-24-26-33-45(51)55-39-49(41-57-47(53)35-28-29-38-50(6)7,40-56-46(52)34-27-25-23-21-19-14-9-2)42-58-48(54)37-36-44(32-17-12-5)43(30-15-10-3)31-16-11-4/h43-44H,8-42H2,1-7H3. The van der Waals surface area contributed by atoms with Crippen molar-refractivity contribution in [3.63, 3.8) is 0 Å². The third-order valence-electron chi connectivity index (χ3n) is 11.5. The minimum atomic E-state index is -1.22. The van der Waals surface area contributed by atoms with Crippen molar-refractivity contribution < 1.29 is 38.1 Å². The van der Waals surface area contributed by atoms with Crippen LogP contribution in [0.3, 0.4) is 0 Å². The summed E-state index contributed by atoms with van der Waals surface area (Å²) in [5.74, 6) is -0.335. The highest BCUT2D eigenvalue weighted by atomic mass is 16.6. The summed E-state index contributed by atoms with van der Waals surface area (Å²) in [6.45, 7) is 11.3. The van der Waals surface area contributed by atoms with Crippen LogP contribution in [0, 0.1) is 17.3 Å². The number of hydrogen-bond donors (Lipinski definition) is 0. The van der Waals surface area contributed by atoms with E-state index in [0.29, 0.717) is 24.7 Å². The monoisotopic (exact) mass is 824 g/mol. The van der Waals surface area contributed by atoms with Gasteiger partial charge in [0.25, 0.3) is 0 Å². The van der Waals surface area contributed by atoms with Crippen LogP contribution in [0.15, 0.2) is 0 Å². The maximum atomic E-state index is 13.6. The Balaban J connectivity index is 5.97. The maximum absolute atomic E-state index is 13.6. The molecular weight excluding hydrogens is 731 g/mol. The van der Waals surface area contributed by atoms with Crippen molar-refractivity contribution in [1.82, 2.24) is 4.90 Å². The molecule has 0 spiro atoms. The minimum Gasteiger partial charge on any atom is -0.465 e. The highest BCUT2D eigenvalue weighted by Crippen LogP contribution is 2.32. The lowest BCUT2D eigenvalue weighted by molar-refractivity contribution is -0.171. The second kappa shape index (κ2) is 39.0. The predicted molar refractivity (Wildman–Crippen MR) is 239 cm³/mol. The van der Waals surface area contributed by atoms with Crippen LogP contribution in [0.4, 0.5) is 0 Å². The molecule has 0 amide bonds. The molecule has 9 nitrogen and oxygen atoms in total. The third-order valence-corrected chi connectivity index (χ3v) is 11.5. The first-order valence-electron chi connectivity index (χ1n) is 24.3. The molecule has 0 aliphatic heterocycles. The number of unbranched alkanes of at least 4 members (excludes halogenated alkanes) is 16. The molecule has 0 rings (SSSR count). The molecule has 0 heterocycles. The van der Waals surface area contributed by atoms with Crippen molar-refractivity contribution in [2.24, 2.45) is 17.3 Å². The Morgan fingerprint density at radius 2 is 0.672 bits per heavy atom. The van der Waals surface area contributed by atoms with Gasteiger partial charge in [0.15, 0.2) is 0 Å². The van der Waals surface area contributed by atoms with Gasteiger partial charge in [0, 0.05) is 25.7 Å². The van der Waals surface area contributed by atoms with E-state index in [1.54, 1.807) is 0 Å². The van der Waals surface area contributed by atoms with Crippen molar-refractivity contribution in [2.45, 2.75) is 227 Å². The highest BCUT2D eigenvalue weighted by molar-refractivity contribution is 5.71. The lowest BCUT2D eigenvalue weighted by atomic mass is 9.79. The number of carbonyl (C=O) groups excluding carboxylic acids is 4. The van der Waals surface area contributed by atoms with E-state index >= 15 is 0 Å². The fourth-order valence-electron chi connectivity index (χ4n) is 7.56. The highest BCUT2D eigenvalue weighted by Gasteiger charge is 2.38. The first kappa shape index (κ1) is 55.8. The van der Waals surface area contributed by atoms with Gasteiger partial charge >= 0.3 is 23.9 Å². The topological polar surface area (TPSA) is 108 Å². The summed E-state index contributed by atoms with van der Waals surface area (Å²) in [4.78, 5) is 54.8. The summed E-state index contributed by atoms with van der Waals surface area (Å²) >= 11 is 0. The largest absolute Gasteiger partial charge is 0.465 e. The molecule has 0 aliphatic rings. The molecule has 58 heavy (non-hydrogen) atoms. The first-order valence-corrected chi connectivity index (χ1v) is 24.3. The Hall–Kier alpha value is -2.16. The maximum Gasteiger partial charge on any atom is 0.305 e. The van der Waals surface area contributed by atoms with E-state index < -0.39 is 5.41 Å². The second-order valence-electron chi connectivity index (χ2n) is 17.6. The SMILES string of the molecule is CCCCCCCCCC(=O)OCC(COC(=O)CCCCCCCCC)(COC(=O)CCCCN(C)C)COC(=O)CCC(CCCC)C(CCCC)CCCC. The average molecular weight is 824 g/mol. The van der Waals surface area contributed by atoms with Gasteiger partial charge in [0.1, 0.15) is 31.8 Å². The summed E-state index contributed by atoms with van der Waals surface area (Å²) in [7, 11) is 4.00. The molecule has 9 heteroatoms. The van der Waals surface area contributed by atoms with Gasteiger partial charge in [-0.25, -0.2) is 0 Å². The molecule has 0 aromatic carbocycles. The molecule has 0 bridgehead atoms. The van der Waals surface area contributed by atoms with Gasteiger partial charge < -0.3 is 23.8 Å². The molecule has 0 aliphatic carbocycles. The molecule has 0 aromatic rings. The van der Waals surface area contributed by atoms with Crippen LogP contribution in [0.5, 0.6) is 0 Å². The van der Waals surface area contributed by atoms with E-state index in [0.717, 1.165) is 77.2 Å². The average Bonchev–Trinajstić information content (AvgIpc) is 3.21. The van der Waals surface area contributed by atoms with E-state index in [1.807, 2.05) is 14.1 Å². The first-order chi connectivity index (χ1) is 28.1. The van der Waals surface area contributed by atoms with Crippen molar-refractivity contribution in [3.05, 3.63) is 0 Å². The molecule has 0 saturated carbocycles. The summed E-state index contributed by atoms with van der Waals surface area (Å²) in [6.07, 6.45) is 29.1. The number of ether oxygens (including phenoxy) is 4. The van der Waals surface area contributed by atoms with Gasteiger partial charge in [-0.15, -0.1) is 0 Å². The van der Waals surface area contributed by atoms with Crippen molar-refractivity contribution in [3.8, 4) is 0 Å². The fourth-order valence-corrected chi connectivity index (χ4v) is 7.56. The molecule has 342 valence electrons. The Labute approximate surface area is 357 Å². The predicted octanol–water partition coefficient (Wildman–Crippen LogP) is 12.7. The Kier molecular flexibility index (Phi) is 37.6. The molecule has 0 radical (unpaired) electrons. The Morgan fingerprint density at radius 3 is 1.02 bits per heavy atom. The number of carbonyl (C=O) groups is 4. The van der Waals surface area contributed by atoms with Crippen LogP contribution < -0.4 is 0 Å². The molecule has 0 N–H and O–H groups in total. The smallest absolute Gasteiger partial charge is 0.305 e. The number of hydrogen-bond acceptors (Lipinski definition) is 9. The van der Waals surface area contributed by atoms with E-state index in [2.05, 4.69) is 39.5 Å². The second-order valence-corrected chi connectivity index (χ2v) is 17.6. The quantitative estimate of drug-likeness (QED) is 0.0338. The van der Waals surface area contributed by atoms with Gasteiger partial charge in [-0.05, 0) is 64.6 Å². The van der Waals surface area contributed by atoms with Crippen LogP contribution in [0.2, 0.25) is 0 Å². The van der Waals surface area contributed by atoms with Crippen LogP contribution in [-0.4, -0.2) is 75.8 Å². The van der Waals surface area contributed by atoms with Gasteiger partial charge in [-0.2, -0.15) is 0 Å². The minimum absolute atomic E-state index is 0.177. The molecule has 0 aromatic heterocycles. The molecule has 0 fully saturated rings. The van der Waals surface area contributed by atoms with Gasteiger partial charge in [0.2, 0.25) is 0 Å². The van der Waals surface area contributed by atoms with E-state index in [-0.39, 0.29) is 69.6 Å². The van der Waals surface area contributed by atoms with E-state index in [9.17, 15) is 19.2 Å². The summed E-state index contributed by atoms with van der Waals surface area (Å²) in [6, 6.07) is 0. The molecule has 0 saturated heterocycles. The molecular formula is C49H93NO8. The van der Waals surface area contributed by atoms with Crippen LogP contribution >= 0.6 is 0 Å². The van der Waals surface area contributed by atoms with Crippen LogP contribution in [-0.2, 0) is 38.1 Å². The fraction of sp³-hybridized carbons (Fsp3) is 0.918. The van der Waals surface area contributed by atoms with Crippen LogP contribution in [0.1, 0.15) is 227 Å². The van der Waals surface area contributed by atoms with Gasteiger partial charge in [-0.1, -0.05) is 169 Å².